The fourth-order valence-electron chi connectivity index (χ4n) is 2.04. The van der Waals surface area contributed by atoms with E-state index in [1.54, 1.807) is 0 Å². The molecule has 128 valence electrons. The molecule has 1 N–H and O–H groups in total. The number of rotatable bonds is 3. The average Bonchev–Trinajstić information content (AvgIpc) is 2.45. The van der Waals surface area contributed by atoms with Crippen molar-refractivity contribution in [3.8, 4) is 11.1 Å². The molecule has 0 fully saturated rings. The van der Waals surface area contributed by atoms with Crippen molar-refractivity contribution in [1.82, 2.24) is 4.98 Å². The van der Waals surface area contributed by atoms with Gasteiger partial charge in [0.1, 0.15) is 5.69 Å². The molecule has 24 heavy (non-hydrogen) atoms. The van der Waals surface area contributed by atoms with Crippen LogP contribution in [-0.2, 0) is 23.6 Å². The molecule has 0 spiro atoms. The summed E-state index contributed by atoms with van der Waals surface area (Å²) in [7, 11) is 0. The van der Waals surface area contributed by atoms with E-state index < -0.39 is 36.0 Å². The van der Waals surface area contributed by atoms with Crippen LogP contribution in [-0.4, -0.2) is 16.1 Å². The molecule has 0 amide bonds. The van der Waals surface area contributed by atoms with E-state index in [4.69, 9.17) is 5.11 Å². The van der Waals surface area contributed by atoms with Gasteiger partial charge in [0.05, 0.1) is 17.7 Å². The highest BCUT2D eigenvalue weighted by atomic mass is 19.4. The fraction of sp³-hybridized carbons (Fsp3) is 0.200. The highest BCUT2D eigenvalue weighted by Gasteiger charge is 2.33. The molecule has 0 atom stereocenters. The monoisotopic (exact) mass is 349 g/mol. The normalized spacial score (nSPS) is 12.2. The lowest BCUT2D eigenvalue weighted by Crippen LogP contribution is -2.12. The largest absolute Gasteiger partial charge is 0.481 e. The van der Waals surface area contributed by atoms with Crippen molar-refractivity contribution in [2.45, 2.75) is 18.8 Å². The van der Waals surface area contributed by atoms with Crippen LogP contribution in [0.4, 0.5) is 26.3 Å². The SMILES string of the molecule is O=C(O)Cc1nc(C(F)(F)F)ccc1-c1ccc(C(F)(F)F)cc1. The Balaban J connectivity index is 2.50. The lowest BCUT2D eigenvalue weighted by molar-refractivity contribution is -0.142. The number of carboxylic acid groups (broad SMARTS) is 1. The van der Waals surface area contributed by atoms with E-state index in [-0.39, 0.29) is 16.8 Å². The second-order valence-corrected chi connectivity index (χ2v) is 4.83. The maximum atomic E-state index is 12.7. The van der Waals surface area contributed by atoms with Crippen LogP contribution in [0.5, 0.6) is 0 Å². The lowest BCUT2D eigenvalue weighted by Gasteiger charge is -2.13. The van der Waals surface area contributed by atoms with E-state index in [1.165, 1.54) is 0 Å². The van der Waals surface area contributed by atoms with Gasteiger partial charge in [-0.05, 0) is 23.8 Å². The highest BCUT2D eigenvalue weighted by molar-refractivity contribution is 5.75. The molecule has 0 aliphatic rings. The van der Waals surface area contributed by atoms with E-state index in [1.807, 2.05) is 0 Å². The van der Waals surface area contributed by atoms with Gasteiger partial charge in [0.25, 0.3) is 0 Å². The van der Waals surface area contributed by atoms with Crippen LogP contribution >= 0.6 is 0 Å². The summed E-state index contributed by atoms with van der Waals surface area (Å²) in [6.45, 7) is 0. The Hall–Kier alpha value is -2.58. The number of nitrogens with zero attached hydrogens (tertiary/aromatic N) is 1. The Morgan fingerprint density at radius 2 is 1.50 bits per heavy atom. The van der Waals surface area contributed by atoms with Crippen LogP contribution in [0.25, 0.3) is 11.1 Å². The molecule has 0 saturated carbocycles. The molecule has 0 radical (unpaired) electrons. The number of halogens is 6. The number of alkyl halides is 6. The van der Waals surface area contributed by atoms with Crippen LogP contribution < -0.4 is 0 Å². The Bertz CT molecular complexity index is 750. The van der Waals surface area contributed by atoms with Gasteiger partial charge < -0.3 is 5.11 Å². The maximum Gasteiger partial charge on any atom is 0.433 e. The molecule has 1 aromatic carbocycles. The van der Waals surface area contributed by atoms with Gasteiger partial charge in [-0.1, -0.05) is 18.2 Å². The number of aromatic nitrogens is 1. The lowest BCUT2D eigenvalue weighted by atomic mass is 10.00. The minimum Gasteiger partial charge on any atom is -0.481 e. The molecule has 1 aromatic heterocycles. The number of aliphatic carboxylic acids is 1. The van der Waals surface area contributed by atoms with E-state index in [0.29, 0.717) is 6.07 Å². The van der Waals surface area contributed by atoms with Gasteiger partial charge in [0, 0.05) is 5.56 Å². The first-order chi connectivity index (χ1) is 11.0. The van der Waals surface area contributed by atoms with Crippen molar-refractivity contribution in [2.75, 3.05) is 0 Å². The number of pyridine rings is 1. The van der Waals surface area contributed by atoms with Crippen molar-refractivity contribution in [2.24, 2.45) is 0 Å². The summed E-state index contributed by atoms with van der Waals surface area (Å²) < 4.78 is 75.7. The summed E-state index contributed by atoms with van der Waals surface area (Å²) in [5, 5.41) is 8.81. The minimum absolute atomic E-state index is 0.0270. The molecule has 3 nitrogen and oxygen atoms in total. The van der Waals surface area contributed by atoms with Crippen molar-refractivity contribution < 1.29 is 36.2 Å². The van der Waals surface area contributed by atoms with Crippen LogP contribution in [0, 0.1) is 0 Å². The molecule has 1 heterocycles. The molecular formula is C15H9F6NO2. The highest BCUT2D eigenvalue weighted by Crippen LogP contribution is 2.33. The summed E-state index contributed by atoms with van der Waals surface area (Å²) in [6, 6.07) is 5.28. The van der Waals surface area contributed by atoms with Crippen molar-refractivity contribution in [1.29, 1.82) is 0 Å². The topological polar surface area (TPSA) is 50.2 Å². The number of carbonyl (C=O) groups is 1. The Morgan fingerprint density at radius 1 is 0.917 bits per heavy atom. The van der Waals surface area contributed by atoms with Gasteiger partial charge in [-0.2, -0.15) is 26.3 Å². The maximum absolute atomic E-state index is 12.7. The molecule has 0 unspecified atom stereocenters. The Morgan fingerprint density at radius 3 is 1.96 bits per heavy atom. The standard InChI is InChI=1S/C15H9F6NO2/c16-14(17,18)9-3-1-8(2-4-9)10-5-6-12(15(19,20)21)22-11(10)7-13(23)24/h1-6H,7H2,(H,23,24). The third kappa shape index (κ3) is 4.03. The second-order valence-electron chi connectivity index (χ2n) is 4.83. The molecule has 0 aliphatic carbocycles. The first-order valence-corrected chi connectivity index (χ1v) is 6.45. The predicted molar refractivity (Wildman–Crippen MR) is 71.0 cm³/mol. The Labute approximate surface area is 131 Å². The molecule has 2 rings (SSSR count). The quantitative estimate of drug-likeness (QED) is 0.835. The second kappa shape index (κ2) is 6.14. The molecule has 0 saturated heterocycles. The van der Waals surface area contributed by atoms with Gasteiger partial charge >= 0.3 is 18.3 Å². The molecule has 2 aromatic rings. The van der Waals surface area contributed by atoms with Gasteiger partial charge in [0.15, 0.2) is 0 Å². The summed E-state index contributed by atoms with van der Waals surface area (Å²) in [6.07, 6.45) is -10.1. The van der Waals surface area contributed by atoms with Crippen molar-refractivity contribution in [3.63, 3.8) is 0 Å². The van der Waals surface area contributed by atoms with Crippen LogP contribution in [0.15, 0.2) is 36.4 Å². The third-order valence-electron chi connectivity index (χ3n) is 3.11. The first-order valence-electron chi connectivity index (χ1n) is 6.45. The summed E-state index contributed by atoms with van der Waals surface area (Å²) in [5.74, 6) is -1.41. The third-order valence-corrected chi connectivity index (χ3v) is 3.11. The predicted octanol–water partition coefficient (Wildman–Crippen LogP) is 4.41. The van der Waals surface area contributed by atoms with E-state index in [9.17, 15) is 31.1 Å². The first kappa shape index (κ1) is 17.8. The van der Waals surface area contributed by atoms with Crippen LogP contribution in [0.2, 0.25) is 0 Å². The fourth-order valence-corrected chi connectivity index (χ4v) is 2.04. The van der Waals surface area contributed by atoms with E-state index in [0.717, 1.165) is 30.3 Å². The molecular weight excluding hydrogens is 340 g/mol. The average molecular weight is 349 g/mol. The van der Waals surface area contributed by atoms with Crippen molar-refractivity contribution in [3.05, 3.63) is 53.3 Å². The number of carboxylic acids is 1. The van der Waals surface area contributed by atoms with Gasteiger partial charge in [-0.3, -0.25) is 4.79 Å². The van der Waals surface area contributed by atoms with Gasteiger partial charge in [-0.15, -0.1) is 0 Å². The number of hydrogen-bond acceptors (Lipinski definition) is 2. The number of hydrogen-bond donors (Lipinski definition) is 1. The zero-order valence-corrected chi connectivity index (χ0v) is 11.7. The minimum atomic E-state index is -4.76. The molecule has 0 bridgehead atoms. The smallest absolute Gasteiger partial charge is 0.433 e. The summed E-state index contributed by atoms with van der Waals surface area (Å²) in [5.41, 5.74) is -2.41. The summed E-state index contributed by atoms with van der Waals surface area (Å²) >= 11 is 0. The zero-order valence-electron chi connectivity index (χ0n) is 11.7. The van der Waals surface area contributed by atoms with E-state index in [2.05, 4.69) is 4.98 Å². The zero-order chi connectivity index (χ0) is 18.1. The summed E-state index contributed by atoms with van der Waals surface area (Å²) in [4.78, 5) is 14.1. The van der Waals surface area contributed by atoms with Crippen LogP contribution in [0.3, 0.4) is 0 Å². The molecule has 0 aliphatic heterocycles. The molecule has 9 heteroatoms. The van der Waals surface area contributed by atoms with Gasteiger partial charge in [-0.25, -0.2) is 4.98 Å². The van der Waals surface area contributed by atoms with Crippen molar-refractivity contribution >= 4 is 5.97 Å². The number of benzene rings is 1. The van der Waals surface area contributed by atoms with Crippen LogP contribution in [0.1, 0.15) is 17.0 Å². The Kier molecular flexibility index (Phi) is 4.54. The van der Waals surface area contributed by atoms with Gasteiger partial charge in [0.2, 0.25) is 0 Å². The van der Waals surface area contributed by atoms with E-state index >= 15 is 0 Å².